The molecule has 0 heterocycles. The summed E-state index contributed by atoms with van der Waals surface area (Å²) in [4.78, 5) is 11.7. The Morgan fingerprint density at radius 2 is 2.13 bits per heavy atom. The molecule has 0 aliphatic rings. The van der Waals surface area contributed by atoms with Crippen LogP contribution in [0.4, 0.5) is 0 Å². The van der Waals surface area contributed by atoms with Gasteiger partial charge in [-0.05, 0) is 18.6 Å². The Bertz CT molecular complexity index is 336. The first-order chi connectivity index (χ1) is 7.16. The Hall–Kier alpha value is -0.870. The van der Waals surface area contributed by atoms with Crippen LogP contribution >= 0.6 is 15.9 Å². The average molecular weight is 273 g/mol. The Labute approximate surface area is 97.5 Å². The predicted octanol–water partition coefficient (Wildman–Crippen LogP) is 2.90. The van der Waals surface area contributed by atoms with Gasteiger partial charge in [0.25, 0.3) is 0 Å². The maximum absolute atomic E-state index is 11.6. The Morgan fingerprint density at radius 1 is 1.47 bits per heavy atom. The van der Waals surface area contributed by atoms with Crippen LogP contribution < -0.4 is 0 Å². The molecular formula is C11H13BrO3. The minimum atomic E-state index is -0.362. The molecule has 82 valence electrons. The van der Waals surface area contributed by atoms with Crippen LogP contribution in [0.15, 0.2) is 24.3 Å². The van der Waals surface area contributed by atoms with Gasteiger partial charge in [-0.2, -0.15) is 0 Å². The highest BCUT2D eigenvalue weighted by Crippen LogP contribution is 2.25. The first-order valence-corrected chi connectivity index (χ1v) is 5.47. The summed E-state index contributed by atoms with van der Waals surface area (Å²) in [5.41, 5.74) is 1.48. The smallest absolute Gasteiger partial charge is 0.340 e. The summed E-state index contributed by atoms with van der Waals surface area (Å²) in [5.74, 6) is -0.362. The van der Waals surface area contributed by atoms with Crippen LogP contribution in [-0.2, 0) is 9.47 Å². The van der Waals surface area contributed by atoms with Crippen molar-refractivity contribution in [1.29, 1.82) is 0 Å². The molecule has 1 aromatic rings. The number of esters is 1. The molecule has 3 nitrogen and oxygen atoms in total. The van der Waals surface area contributed by atoms with Crippen molar-refractivity contribution < 1.29 is 14.3 Å². The molecule has 0 aliphatic heterocycles. The van der Waals surface area contributed by atoms with E-state index in [0.29, 0.717) is 5.56 Å². The predicted molar refractivity (Wildman–Crippen MR) is 61.1 cm³/mol. The fourth-order valence-electron chi connectivity index (χ4n) is 1.22. The lowest BCUT2D eigenvalue weighted by molar-refractivity contribution is -0.0125. The van der Waals surface area contributed by atoms with Gasteiger partial charge >= 0.3 is 5.97 Å². The highest BCUT2D eigenvalue weighted by Gasteiger charge is 2.14. The van der Waals surface area contributed by atoms with Crippen LogP contribution in [-0.4, -0.2) is 19.9 Å². The van der Waals surface area contributed by atoms with Crippen molar-refractivity contribution in [2.75, 3.05) is 13.9 Å². The van der Waals surface area contributed by atoms with Crippen molar-refractivity contribution in [3.8, 4) is 0 Å². The van der Waals surface area contributed by atoms with E-state index in [1.807, 2.05) is 25.1 Å². The third-order valence-electron chi connectivity index (χ3n) is 1.92. The summed E-state index contributed by atoms with van der Waals surface area (Å²) in [6.45, 7) is 1.94. The summed E-state index contributed by atoms with van der Waals surface area (Å²) in [5, 5.41) is 0. The van der Waals surface area contributed by atoms with Crippen LogP contribution in [0.3, 0.4) is 0 Å². The van der Waals surface area contributed by atoms with Gasteiger partial charge in [0.15, 0.2) is 6.79 Å². The molecule has 1 atom stereocenters. The molecule has 0 saturated carbocycles. The van der Waals surface area contributed by atoms with Crippen molar-refractivity contribution in [2.24, 2.45) is 0 Å². The number of carbonyl (C=O) groups is 1. The quantitative estimate of drug-likeness (QED) is 0.480. The van der Waals surface area contributed by atoms with E-state index in [9.17, 15) is 4.79 Å². The van der Waals surface area contributed by atoms with Gasteiger partial charge in [0.1, 0.15) is 0 Å². The largest absolute Gasteiger partial charge is 0.435 e. The highest BCUT2D eigenvalue weighted by molar-refractivity contribution is 9.09. The van der Waals surface area contributed by atoms with E-state index in [1.54, 1.807) is 6.07 Å². The van der Waals surface area contributed by atoms with E-state index in [0.717, 1.165) is 5.56 Å². The number of ether oxygens (including phenoxy) is 2. The van der Waals surface area contributed by atoms with E-state index in [1.165, 1.54) is 7.11 Å². The molecule has 0 N–H and O–H groups in total. The topological polar surface area (TPSA) is 35.5 Å². The van der Waals surface area contributed by atoms with Gasteiger partial charge in [-0.25, -0.2) is 4.79 Å². The van der Waals surface area contributed by atoms with Crippen molar-refractivity contribution in [3.05, 3.63) is 35.4 Å². The number of methoxy groups -OCH3 is 1. The van der Waals surface area contributed by atoms with Gasteiger partial charge in [0, 0.05) is 11.9 Å². The third-order valence-corrected chi connectivity index (χ3v) is 2.41. The lowest BCUT2D eigenvalue weighted by atomic mass is 10.1. The van der Waals surface area contributed by atoms with Gasteiger partial charge < -0.3 is 9.47 Å². The van der Waals surface area contributed by atoms with Crippen LogP contribution in [0.1, 0.15) is 27.7 Å². The number of benzene rings is 1. The van der Waals surface area contributed by atoms with E-state index in [2.05, 4.69) is 20.7 Å². The standard InChI is InChI=1S/C11H13BrO3/c1-8(12)9-5-3-4-6-10(9)11(13)15-7-14-2/h3-6,8H,7H2,1-2H3. The molecule has 1 aromatic carbocycles. The fourth-order valence-corrected chi connectivity index (χ4v) is 1.62. The lowest BCUT2D eigenvalue weighted by Crippen LogP contribution is -2.10. The summed E-state index contributed by atoms with van der Waals surface area (Å²) in [6, 6.07) is 7.33. The Morgan fingerprint density at radius 3 is 2.73 bits per heavy atom. The Kier molecular flexibility index (Phi) is 4.78. The number of halogens is 1. The molecule has 1 unspecified atom stereocenters. The molecular weight excluding hydrogens is 260 g/mol. The van der Waals surface area contributed by atoms with Crippen molar-refractivity contribution in [2.45, 2.75) is 11.8 Å². The van der Waals surface area contributed by atoms with E-state index < -0.39 is 0 Å². The lowest BCUT2D eigenvalue weighted by Gasteiger charge is -2.10. The minimum Gasteiger partial charge on any atom is -0.435 e. The fraction of sp³-hybridized carbons (Fsp3) is 0.364. The van der Waals surface area contributed by atoms with Crippen LogP contribution in [0.25, 0.3) is 0 Å². The molecule has 1 rings (SSSR count). The summed E-state index contributed by atoms with van der Waals surface area (Å²) >= 11 is 3.43. The summed E-state index contributed by atoms with van der Waals surface area (Å²) < 4.78 is 9.57. The maximum Gasteiger partial charge on any atom is 0.340 e. The third kappa shape index (κ3) is 3.32. The van der Waals surface area contributed by atoms with Crippen LogP contribution in [0, 0.1) is 0 Å². The minimum absolute atomic E-state index is 0.0240. The Balaban J connectivity index is 2.87. The second-order valence-corrected chi connectivity index (χ2v) is 4.42. The number of carbonyl (C=O) groups excluding carboxylic acids is 1. The van der Waals surface area contributed by atoms with Gasteiger partial charge in [-0.15, -0.1) is 0 Å². The van der Waals surface area contributed by atoms with Gasteiger partial charge in [0.05, 0.1) is 5.56 Å². The molecule has 0 spiro atoms. The summed E-state index contributed by atoms with van der Waals surface area (Å²) in [7, 11) is 1.48. The van der Waals surface area contributed by atoms with Crippen LogP contribution in [0.5, 0.6) is 0 Å². The first kappa shape index (κ1) is 12.2. The molecule has 0 saturated heterocycles. The monoisotopic (exact) mass is 272 g/mol. The van der Waals surface area contributed by atoms with Gasteiger partial charge in [-0.1, -0.05) is 34.1 Å². The second-order valence-electron chi connectivity index (χ2n) is 3.04. The molecule has 0 fully saturated rings. The molecule has 0 bridgehead atoms. The van der Waals surface area contributed by atoms with Crippen molar-refractivity contribution >= 4 is 21.9 Å². The highest BCUT2D eigenvalue weighted by atomic mass is 79.9. The average Bonchev–Trinajstić information content (AvgIpc) is 2.25. The van der Waals surface area contributed by atoms with Gasteiger partial charge in [0.2, 0.25) is 0 Å². The number of rotatable bonds is 4. The second kappa shape index (κ2) is 5.88. The molecule has 4 heteroatoms. The molecule has 15 heavy (non-hydrogen) atoms. The zero-order chi connectivity index (χ0) is 11.3. The van der Waals surface area contributed by atoms with Gasteiger partial charge in [-0.3, -0.25) is 0 Å². The van der Waals surface area contributed by atoms with E-state index >= 15 is 0 Å². The first-order valence-electron chi connectivity index (χ1n) is 4.56. The van der Waals surface area contributed by atoms with E-state index in [4.69, 9.17) is 4.74 Å². The number of hydrogen-bond donors (Lipinski definition) is 0. The zero-order valence-electron chi connectivity index (χ0n) is 8.70. The SMILES string of the molecule is COCOC(=O)c1ccccc1C(C)Br. The molecule has 0 aliphatic carbocycles. The van der Waals surface area contributed by atoms with Crippen molar-refractivity contribution in [3.63, 3.8) is 0 Å². The zero-order valence-corrected chi connectivity index (χ0v) is 10.3. The molecule has 0 radical (unpaired) electrons. The molecule has 0 aromatic heterocycles. The molecule has 0 amide bonds. The number of hydrogen-bond acceptors (Lipinski definition) is 3. The normalized spacial score (nSPS) is 12.2. The number of alkyl halides is 1. The van der Waals surface area contributed by atoms with E-state index in [-0.39, 0.29) is 17.6 Å². The van der Waals surface area contributed by atoms with Crippen LogP contribution in [0.2, 0.25) is 0 Å². The summed E-state index contributed by atoms with van der Waals surface area (Å²) in [6.07, 6.45) is 0. The van der Waals surface area contributed by atoms with Crippen molar-refractivity contribution in [1.82, 2.24) is 0 Å². The maximum atomic E-state index is 11.6.